The van der Waals surface area contributed by atoms with E-state index in [1.165, 1.54) is 12.2 Å². The Morgan fingerprint density at radius 2 is 0.942 bits per heavy atom. The van der Waals surface area contributed by atoms with Gasteiger partial charge in [-0.2, -0.15) is 0 Å². The smallest absolute Gasteiger partial charge is 0.359 e. The Bertz CT molecular complexity index is 2560. The number of esters is 4. The predicted octanol–water partition coefficient (Wildman–Crippen LogP) is 8.06. The maximum Gasteiger partial charge on any atom is 0.359 e. The molecule has 0 heterocycles. The number of amides is 2. The fourth-order valence-corrected chi connectivity index (χ4v) is 6.52. The number of benzene rings is 6. The molecule has 6 aromatic rings. The first-order valence-electron chi connectivity index (χ1n) is 22.3. The average molecular weight is 929 g/mol. The van der Waals surface area contributed by atoms with Gasteiger partial charge in [-0.3, -0.25) is 9.59 Å². The van der Waals surface area contributed by atoms with E-state index in [-0.39, 0.29) is 44.2 Å². The molecule has 0 aliphatic heterocycles. The van der Waals surface area contributed by atoms with E-state index in [9.17, 15) is 28.8 Å². The molecule has 0 spiro atoms. The molecule has 69 heavy (non-hydrogen) atoms. The van der Waals surface area contributed by atoms with Gasteiger partial charge in [0.25, 0.3) is 6.10 Å². The molecule has 6 aromatic carbocycles. The van der Waals surface area contributed by atoms with Gasteiger partial charge in [-0.05, 0) is 69.6 Å². The highest BCUT2D eigenvalue weighted by Gasteiger charge is 2.33. The van der Waals surface area contributed by atoms with Crippen LogP contribution >= 0.6 is 0 Å². The highest BCUT2D eigenvalue weighted by molar-refractivity contribution is 6.17. The van der Waals surface area contributed by atoms with E-state index < -0.39 is 47.8 Å². The van der Waals surface area contributed by atoms with Gasteiger partial charge in [0.05, 0.1) is 0 Å². The van der Waals surface area contributed by atoms with E-state index in [0.717, 1.165) is 22.3 Å². The van der Waals surface area contributed by atoms with Gasteiger partial charge in [0, 0.05) is 19.0 Å². The van der Waals surface area contributed by atoms with Crippen LogP contribution in [0.3, 0.4) is 0 Å². The summed E-state index contributed by atoms with van der Waals surface area (Å²) in [5.74, 6) is -4.31. The van der Waals surface area contributed by atoms with Crippen molar-refractivity contribution in [2.45, 2.75) is 58.3 Å². The second-order valence-corrected chi connectivity index (χ2v) is 15.6. The normalized spacial score (nSPS) is 11.2. The van der Waals surface area contributed by atoms with Crippen molar-refractivity contribution in [3.8, 4) is 5.75 Å². The van der Waals surface area contributed by atoms with Crippen LogP contribution in [-0.2, 0) is 80.6 Å². The lowest BCUT2D eigenvalue weighted by molar-refractivity contribution is -0.168. The molecule has 0 saturated heterocycles. The maximum atomic E-state index is 13.3. The van der Waals surface area contributed by atoms with Crippen LogP contribution in [0.4, 0.5) is 0 Å². The Morgan fingerprint density at radius 1 is 0.507 bits per heavy atom. The first-order valence-corrected chi connectivity index (χ1v) is 22.3. The monoisotopic (exact) mass is 928 g/mol. The molecule has 0 aliphatic carbocycles. The maximum absolute atomic E-state index is 13.3. The molecule has 0 fully saturated rings. The minimum absolute atomic E-state index is 0.0390. The van der Waals surface area contributed by atoms with E-state index in [1.54, 1.807) is 127 Å². The summed E-state index contributed by atoms with van der Waals surface area (Å²) in [4.78, 5) is 79.5. The Kier molecular flexibility index (Phi) is 19.2. The van der Waals surface area contributed by atoms with Gasteiger partial charge in [-0.15, -0.1) is 0 Å². The molecule has 0 radical (unpaired) electrons. The summed E-state index contributed by atoms with van der Waals surface area (Å²) in [6.45, 7) is 2.07. The van der Waals surface area contributed by atoms with Crippen molar-refractivity contribution in [1.82, 2.24) is 10.6 Å². The molecular weight excluding hydrogens is 877 g/mol. The molecule has 0 unspecified atom stereocenters. The summed E-state index contributed by atoms with van der Waals surface area (Å²) in [5.41, 5.74) is 4.43. The van der Waals surface area contributed by atoms with Crippen molar-refractivity contribution in [2.24, 2.45) is 0 Å². The van der Waals surface area contributed by atoms with Crippen molar-refractivity contribution in [3.63, 3.8) is 0 Å². The molecule has 0 bridgehead atoms. The lowest BCUT2D eigenvalue weighted by Gasteiger charge is -2.19. The van der Waals surface area contributed by atoms with E-state index in [1.807, 2.05) is 55.5 Å². The highest BCUT2D eigenvalue weighted by atomic mass is 16.6. The first-order chi connectivity index (χ1) is 33.6. The van der Waals surface area contributed by atoms with Crippen molar-refractivity contribution < 1.29 is 52.5 Å². The van der Waals surface area contributed by atoms with Crippen LogP contribution in [0.15, 0.2) is 182 Å². The number of hydrogen-bond acceptors (Lipinski definition) is 11. The lowest BCUT2D eigenvalue weighted by atomic mass is 10.0. The zero-order valence-electron chi connectivity index (χ0n) is 38.0. The fourth-order valence-electron chi connectivity index (χ4n) is 6.52. The molecule has 0 aromatic heterocycles. The minimum atomic E-state index is -1.73. The van der Waals surface area contributed by atoms with Crippen LogP contribution < -0.4 is 15.4 Å². The van der Waals surface area contributed by atoms with Crippen LogP contribution in [-0.4, -0.2) is 54.4 Å². The van der Waals surface area contributed by atoms with E-state index in [2.05, 4.69) is 10.6 Å². The number of nitrogens with one attached hydrogen (secondary N) is 2. The van der Waals surface area contributed by atoms with E-state index in [0.29, 0.717) is 29.7 Å². The number of carbonyl (C=O) groups excluding carboxylic acids is 6. The van der Waals surface area contributed by atoms with Crippen molar-refractivity contribution >= 4 is 47.8 Å². The Hall–Kier alpha value is -8.58. The molecule has 0 aliphatic rings. The highest BCUT2D eigenvalue weighted by Crippen LogP contribution is 2.19. The molecule has 13 nitrogen and oxygen atoms in total. The topological polar surface area (TPSA) is 173 Å². The van der Waals surface area contributed by atoms with Crippen LogP contribution in [0.25, 0.3) is 12.2 Å². The van der Waals surface area contributed by atoms with Crippen LogP contribution in [0.2, 0.25) is 0 Å². The number of carbonyl (C=O) groups is 6. The lowest BCUT2D eigenvalue weighted by Crippen LogP contribution is -2.47. The largest absolute Gasteiger partial charge is 0.467 e. The third-order valence-corrected chi connectivity index (χ3v) is 10.2. The second-order valence-electron chi connectivity index (χ2n) is 15.6. The van der Waals surface area contributed by atoms with Crippen LogP contribution in [0, 0.1) is 0 Å². The van der Waals surface area contributed by atoms with Gasteiger partial charge in [-0.25, -0.2) is 19.2 Å². The van der Waals surface area contributed by atoms with E-state index >= 15 is 0 Å². The van der Waals surface area contributed by atoms with E-state index in [4.69, 9.17) is 23.7 Å². The first kappa shape index (κ1) is 49.8. The minimum Gasteiger partial charge on any atom is -0.467 e. The fraction of sp³-hybridized carbons (Fsp3) is 0.179. The number of ether oxygens (including phenoxy) is 5. The molecule has 352 valence electrons. The summed E-state index contributed by atoms with van der Waals surface area (Å²) in [7, 11) is 0. The van der Waals surface area contributed by atoms with Gasteiger partial charge in [0.1, 0.15) is 43.8 Å². The summed E-state index contributed by atoms with van der Waals surface area (Å²) < 4.78 is 27.7. The third-order valence-electron chi connectivity index (χ3n) is 10.2. The van der Waals surface area contributed by atoms with Gasteiger partial charge in [0.15, 0.2) is 0 Å². The Morgan fingerprint density at radius 3 is 1.39 bits per heavy atom. The zero-order valence-corrected chi connectivity index (χ0v) is 38.0. The van der Waals surface area contributed by atoms with Gasteiger partial charge < -0.3 is 34.3 Å². The average Bonchev–Trinajstić information content (AvgIpc) is 3.39. The molecule has 2 amide bonds. The summed E-state index contributed by atoms with van der Waals surface area (Å²) in [6.07, 6.45) is 3.29. The van der Waals surface area contributed by atoms with Gasteiger partial charge in [-0.1, -0.05) is 165 Å². The number of hydrogen-bond donors (Lipinski definition) is 2. The standard InChI is InChI=1S/C56H52N2O11/c1-2-33-57-52(60)49(35-42-27-30-47(31-28-42)69-51(55(63)67-38-45-19-11-5-12-20-45)56(64)68-39-46-21-13-6-14-22-46)58-50(59)32-29-40-23-25-41(26-24-40)34-48(53(61)65-36-43-15-7-3-8-16-43)54(62)66-37-44-17-9-4-10-18-44/h3-32,34,49,51H,2,33,35-39H2,1H3,(H,57,60)(H,58,59)/t49-/m0/s1. The third kappa shape index (κ3) is 16.7. The van der Waals surface area contributed by atoms with Crippen molar-refractivity contribution in [3.05, 3.63) is 220 Å². The van der Waals surface area contributed by atoms with Gasteiger partial charge >= 0.3 is 23.9 Å². The quantitative estimate of drug-likeness (QED) is 0.0209. The van der Waals surface area contributed by atoms with Crippen molar-refractivity contribution in [2.75, 3.05) is 6.54 Å². The molecule has 0 saturated carbocycles. The summed E-state index contributed by atoms with van der Waals surface area (Å²) >= 11 is 0. The van der Waals surface area contributed by atoms with Crippen LogP contribution in [0.5, 0.6) is 5.75 Å². The second kappa shape index (κ2) is 26.5. The zero-order chi connectivity index (χ0) is 48.6. The number of rotatable bonds is 23. The summed E-state index contributed by atoms with van der Waals surface area (Å²) in [5, 5.41) is 5.62. The molecule has 2 N–H and O–H groups in total. The predicted molar refractivity (Wildman–Crippen MR) is 258 cm³/mol. The Labute approximate surface area is 400 Å². The van der Waals surface area contributed by atoms with Crippen LogP contribution in [0.1, 0.15) is 52.3 Å². The molecule has 1 atom stereocenters. The summed E-state index contributed by atoms with van der Waals surface area (Å²) in [6, 6.07) is 48.4. The molecule has 13 heteroatoms. The molecular formula is C56H52N2O11. The SMILES string of the molecule is CCCNC(=O)[C@H](Cc1ccc(OC(C(=O)OCc2ccccc2)C(=O)OCc2ccccc2)cc1)NC(=O)C=Cc1ccc(C=C(C(=O)OCc2ccccc2)C(=O)OCc2ccccc2)cc1. The Balaban J connectivity index is 1.09. The van der Waals surface area contributed by atoms with Crippen molar-refractivity contribution in [1.29, 1.82) is 0 Å². The molecule has 6 rings (SSSR count). The van der Waals surface area contributed by atoms with Gasteiger partial charge in [0.2, 0.25) is 11.8 Å².